The van der Waals surface area contributed by atoms with Crippen molar-refractivity contribution in [3.8, 4) is 18.2 Å². The molecule has 2 fully saturated rings. The summed E-state index contributed by atoms with van der Waals surface area (Å²) in [5.41, 5.74) is 4.18. The fourth-order valence-electron chi connectivity index (χ4n) is 3.01. The topological polar surface area (TPSA) is 110 Å². The smallest absolute Gasteiger partial charge is 0.130 e. The zero-order valence-corrected chi connectivity index (χ0v) is 22.9. The molecular formula is C24H16BrCl2IN6. The molecule has 0 unspecified atom stereocenters. The highest BCUT2D eigenvalue weighted by atomic mass is 127. The molecule has 0 N–H and O–H groups in total. The molecule has 0 radical (unpaired) electrons. The minimum absolute atomic E-state index is 0.333. The molecule has 3 aromatic heterocycles. The molecule has 2 aliphatic rings. The molecule has 0 atom stereocenters. The van der Waals surface area contributed by atoms with Crippen LogP contribution in [0.3, 0.4) is 0 Å². The summed E-state index contributed by atoms with van der Waals surface area (Å²) in [6.45, 7) is 0. The van der Waals surface area contributed by atoms with Gasteiger partial charge in [-0.3, -0.25) is 0 Å². The van der Waals surface area contributed by atoms with E-state index in [0.29, 0.717) is 37.7 Å². The van der Waals surface area contributed by atoms with Crippen molar-refractivity contribution in [2.24, 2.45) is 0 Å². The Bertz CT molecular complexity index is 1250. The molecule has 6 nitrogen and oxygen atoms in total. The summed E-state index contributed by atoms with van der Waals surface area (Å²) in [5.74, 6) is 1.17. The minimum atomic E-state index is 0.333. The van der Waals surface area contributed by atoms with Gasteiger partial charge in [-0.1, -0.05) is 23.2 Å². The third kappa shape index (κ3) is 7.61. The van der Waals surface area contributed by atoms with E-state index in [0.717, 1.165) is 20.4 Å². The van der Waals surface area contributed by atoms with E-state index in [1.54, 1.807) is 12.3 Å². The molecule has 2 saturated carbocycles. The lowest BCUT2D eigenvalue weighted by molar-refractivity contribution is 1.07. The number of nitrogens with zero attached hydrogens (tertiary/aromatic N) is 6. The molecule has 2 aliphatic carbocycles. The van der Waals surface area contributed by atoms with Crippen LogP contribution in [0.25, 0.3) is 0 Å². The molecule has 3 heterocycles. The molecule has 0 amide bonds. The second kappa shape index (κ2) is 12.4. The van der Waals surface area contributed by atoms with Gasteiger partial charge >= 0.3 is 0 Å². The van der Waals surface area contributed by atoms with Gasteiger partial charge in [0.1, 0.15) is 20.1 Å². The number of aromatic nitrogens is 3. The number of pyridine rings is 3. The van der Waals surface area contributed by atoms with Gasteiger partial charge in [-0.25, -0.2) is 15.0 Å². The average Bonchev–Trinajstić information content (AvgIpc) is 3.75. The van der Waals surface area contributed by atoms with E-state index in [2.05, 4.69) is 65.6 Å². The molecule has 0 bridgehead atoms. The lowest BCUT2D eigenvalue weighted by Crippen LogP contribution is -1.90. The molecule has 3 aromatic rings. The van der Waals surface area contributed by atoms with Crippen LogP contribution in [-0.4, -0.2) is 15.0 Å². The average molecular weight is 666 g/mol. The summed E-state index contributed by atoms with van der Waals surface area (Å²) in [6, 6.07) is 11.3. The molecule has 10 heteroatoms. The van der Waals surface area contributed by atoms with E-state index in [1.807, 2.05) is 18.3 Å². The largest absolute Gasteiger partial charge is 0.250 e. The summed E-state index contributed by atoms with van der Waals surface area (Å²) in [4.78, 5) is 11.9. The highest BCUT2D eigenvalue weighted by Crippen LogP contribution is 2.42. The van der Waals surface area contributed by atoms with Crippen LogP contribution >= 0.6 is 61.7 Å². The number of hydrogen-bond donors (Lipinski definition) is 0. The van der Waals surface area contributed by atoms with Crippen molar-refractivity contribution in [1.29, 1.82) is 15.8 Å². The van der Waals surface area contributed by atoms with E-state index in [9.17, 15) is 0 Å². The first-order valence-corrected chi connectivity index (χ1v) is 12.8. The first-order valence-electron chi connectivity index (χ1n) is 10.2. The lowest BCUT2D eigenvalue weighted by atomic mass is 10.1. The van der Waals surface area contributed by atoms with Crippen LogP contribution in [-0.2, 0) is 0 Å². The van der Waals surface area contributed by atoms with Gasteiger partial charge in [-0.05, 0) is 105 Å². The van der Waals surface area contributed by atoms with Gasteiger partial charge < -0.3 is 0 Å². The van der Waals surface area contributed by atoms with Crippen LogP contribution < -0.4 is 0 Å². The first-order chi connectivity index (χ1) is 16.4. The van der Waals surface area contributed by atoms with Gasteiger partial charge in [-0.15, -0.1) is 0 Å². The normalized spacial score (nSPS) is 13.7. The maximum Gasteiger partial charge on any atom is 0.130 e. The number of halogens is 4. The monoisotopic (exact) mass is 664 g/mol. The van der Waals surface area contributed by atoms with Gasteiger partial charge in [0.25, 0.3) is 0 Å². The summed E-state index contributed by atoms with van der Waals surface area (Å²) >= 11 is 16.4. The van der Waals surface area contributed by atoms with Gasteiger partial charge in [-0.2, -0.15) is 15.8 Å². The van der Waals surface area contributed by atoms with Gasteiger partial charge in [0.05, 0.1) is 33.3 Å². The fraction of sp³-hybridized carbons (Fsp3) is 0.250. The molecule has 34 heavy (non-hydrogen) atoms. The Hall–Kier alpha value is -2.29. The van der Waals surface area contributed by atoms with Crippen molar-refractivity contribution < 1.29 is 0 Å². The van der Waals surface area contributed by atoms with Crippen molar-refractivity contribution in [3.63, 3.8) is 0 Å². The Balaban J connectivity index is 0.000000144. The number of hydrogen-bond acceptors (Lipinski definition) is 6. The zero-order chi connectivity index (χ0) is 24.7. The Morgan fingerprint density at radius 3 is 1.65 bits per heavy atom. The highest BCUT2D eigenvalue weighted by molar-refractivity contribution is 14.1. The van der Waals surface area contributed by atoms with Gasteiger partial charge in [0.15, 0.2) is 0 Å². The first kappa shape index (κ1) is 26.3. The Kier molecular flexibility index (Phi) is 9.62. The SMILES string of the molecule is N#Cc1cc(Cl)ncc1Br.N#Cc1cc(Cl)ncc1C1CC1.N#Cc1cc(I)ncc1C1CC1. The van der Waals surface area contributed by atoms with Crippen molar-refractivity contribution in [1.82, 2.24) is 15.0 Å². The molecule has 5 rings (SSSR count). The van der Waals surface area contributed by atoms with Crippen molar-refractivity contribution in [3.05, 3.63) is 83.1 Å². The van der Waals surface area contributed by atoms with Crippen LogP contribution in [0.2, 0.25) is 10.3 Å². The highest BCUT2D eigenvalue weighted by Gasteiger charge is 2.27. The molecule has 0 aliphatic heterocycles. The predicted octanol–water partition coefficient (Wildman–Crippen LogP) is 7.29. The molecule has 0 saturated heterocycles. The Labute approximate surface area is 229 Å². The lowest BCUT2D eigenvalue weighted by Gasteiger charge is -1.99. The molecule has 170 valence electrons. The van der Waals surface area contributed by atoms with Crippen molar-refractivity contribution in [2.75, 3.05) is 0 Å². The van der Waals surface area contributed by atoms with Crippen molar-refractivity contribution >= 4 is 61.7 Å². The summed E-state index contributed by atoms with van der Waals surface area (Å²) in [7, 11) is 0. The maximum absolute atomic E-state index is 8.84. The molecule has 0 aromatic carbocycles. The second-order valence-electron chi connectivity index (χ2n) is 7.56. The summed E-state index contributed by atoms with van der Waals surface area (Å²) in [6.07, 6.45) is 9.86. The summed E-state index contributed by atoms with van der Waals surface area (Å²) < 4.78 is 1.56. The van der Waals surface area contributed by atoms with E-state index in [-0.39, 0.29) is 0 Å². The number of nitriles is 3. The summed E-state index contributed by atoms with van der Waals surface area (Å²) in [5, 5.41) is 26.8. The molecule has 0 spiro atoms. The van der Waals surface area contributed by atoms with E-state index < -0.39 is 0 Å². The van der Waals surface area contributed by atoms with Crippen LogP contribution in [0.1, 0.15) is 65.3 Å². The second-order valence-corrected chi connectivity index (χ2v) is 10.3. The van der Waals surface area contributed by atoms with Crippen LogP contribution in [0.5, 0.6) is 0 Å². The van der Waals surface area contributed by atoms with Crippen LogP contribution in [0.15, 0.2) is 41.3 Å². The predicted molar refractivity (Wildman–Crippen MR) is 141 cm³/mol. The zero-order valence-electron chi connectivity index (χ0n) is 17.6. The van der Waals surface area contributed by atoms with Gasteiger partial charge in [0.2, 0.25) is 0 Å². The third-order valence-corrected chi connectivity index (χ3v) is 6.66. The van der Waals surface area contributed by atoms with Gasteiger partial charge in [0, 0.05) is 18.6 Å². The van der Waals surface area contributed by atoms with Crippen molar-refractivity contribution in [2.45, 2.75) is 37.5 Å². The molecular weight excluding hydrogens is 650 g/mol. The fourth-order valence-corrected chi connectivity index (χ4v) is 4.08. The minimum Gasteiger partial charge on any atom is -0.250 e. The number of rotatable bonds is 2. The maximum atomic E-state index is 8.84. The van der Waals surface area contributed by atoms with E-state index in [4.69, 9.17) is 39.0 Å². The standard InChI is InChI=1S/C9H7ClN2.C9H7IN2.C6H2BrClN2/c2*10-9-3-7(4-11)8(5-12-9)6-1-2-6;7-5-3-10-6(8)1-4(5)2-9/h2*3,5-6H,1-2H2;1,3H. The quantitative estimate of drug-likeness (QED) is 0.210. The Morgan fingerprint density at radius 1 is 0.735 bits per heavy atom. The van der Waals surface area contributed by atoms with Crippen LogP contribution in [0.4, 0.5) is 0 Å². The van der Waals surface area contributed by atoms with E-state index in [1.165, 1.54) is 37.9 Å². The van der Waals surface area contributed by atoms with Crippen LogP contribution in [0, 0.1) is 37.7 Å². The third-order valence-electron chi connectivity index (χ3n) is 5.02. The Morgan fingerprint density at radius 2 is 1.18 bits per heavy atom. The van der Waals surface area contributed by atoms with E-state index >= 15 is 0 Å².